The van der Waals surface area contributed by atoms with Crippen molar-refractivity contribution in [2.24, 2.45) is 0 Å². The van der Waals surface area contributed by atoms with Gasteiger partial charge in [0, 0.05) is 6.54 Å². The van der Waals surface area contributed by atoms with Crippen LogP contribution in [0.1, 0.15) is 30.9 Å². The van der Waals surface area contributed by atoms with E-state index in [0.29, 0.717) is 6.54 Å². The van der Waals surface area contributed by atoms with E-state index in [1.54, 1.807) is 6.07 Å². The predicted octanol–water partition coefficient (Wildman–Crippen LogP) is 0.974. The second-order valence-electron chi connectivity index (χ2n) is 3.39. The van der Waals surface area contributed by atoms with Crippen LogP contribution in [0.15, 0.2) is 10.9 Å². The van der Waals surface area contributed by atoms with Crippen molar-refractivity contribution < 1.29 is 0 Å². The molecule has 0 unspecified atom stereocenters. The Morgan fingerprint density at radius 2 is 2.00 bits per heavy atom. The first-order valence-electron chi connectivity index (χ1n) is 4.99. The maximum absolute atomic E-state index is 11.7. The number of nitrogens with zero attached hydrogens (tertiary/aromatic N) is 3. The molecule has 0 amide bonds. The Balaban J connectivity index is 3.41. The second kappa shape index (κ2) is 4.99. The summed E-state index contributed by atoms with van der Waals surface area (Å²) in [6, 6.07) is 4.89. The van der Waals surface area contributed by atoms with E-state index < -0.39 is 5.56 Å². The van der Waals surface area contributed by atoms with Gasteiger partial charge in [-0.25, -0.2) is 0 Å². The van der Waals surface area contributed by atoms with Gasteiger partial charge in [-0.15, -0.1) is 0 Å². The molecule has 0 aromatic carbocycles. The zero-order valence-corrected chi connectivity index (χ0v) is 9.03. The fourth-order valence-electron chi connectivity index (χ4n) is 1.39. The van der Waals surface area contributed by atoms with E-state index in [1.807, 2.05) is 13.0 Å². The third-order valence-corrected chi connectivity index (χ3v) is 2.31. The molecule has 0 aliphatic heterocycles. The van der Waals surface area contributed by atoms with E-state index >= 15 is 0 Å². The van der Waals surface area contributed by atoms with E-state index in [9.17, 15) is 4.79 Å². The highest BCUT2D eigenvalue weighted by atomic mass is 16.1. The molecule has 0 radical (unpaired) electrons. The molecule has 0 aliphatic carbocycles. The highest BCUT2D eigenvalue weighted by Crippen LogP contribution is 2.10. The van der Waals surface area contributed by atoms with Gasteiger partial charge >= 0.3 is 0 Å². The molecule has 0 aliphatic rings. The Hall–Kier alpha value is -2.27. The minimum Gasteiger partial charge on any atom is -0.384 e. The maximum Gasteiger partial charge on any atom is 0.270 e. The zero-order valence-electron chi connectivity index (χ0n) is 9.03. The topological polar surface area (TPSA) is 95.6 Å². The molecular formula is C11H12N4O. The van der Waals surface area contributed by atoms with Crippen molar-refractivity contribution in [1.29, 1.82) is 10.5 Å². The predicted molar refractivity (Wildman–Crippen MR) is 59.5 cm³/mol. The number of rotatable bonds is 3. The summed E-state index contributed by atoms with van der Waals surface area (Å²) in [6.45, 7) is 2.42. The van der Waals surface area contributed by atoms with Crippen molar-refractivity contribution in [3.8, 4) is 12.1 Å². The smallest absolute Gasteiger partial charge is 0.270 e. The molecule has 0 saturated carbocycles. The minimum absolute atomic E-state index is 0.0400. The number of anilines is 1. The van der Waals surface area contributed by atoms with Crippen LogP contribution in [0, 0.1) is 22.7 Å². The lowest BCUT2D eigenvalue weighted by Crippen LogP contribution is -2.26. The molecule has 5 heteroatoms. The average Bonchev–Trinajstić information content (AvgIpc) is 2.29. The molecule has 82 valence electrons. The lowest BCUT2D eigenvalue weighted by atomic mass is 10.2. The van der Waals surface area contributed by atoms with Gasteiger partial charge in [-0.2, -0.15) is 10.5 Å². The number of nitrogen functional groups attached to an aromatic ring is 1. The van der Waals surface area contributed by atoms with Crippen LogP contribution in [0.5, 0.6) is 0 Å². The van der Waals surface area contributed by atoms with E-state index in [1.165, 1.54) is 10.6 Å². The molecule has 0 bridgehead atoms. The Morgan fingerprint density at radius 3 is 2.50 bits per heavy atom. The van der Waals surface area contributed by atoms with Gasteiger partial charge in [-0.1, -0.05) is 13.3 Å². The monoisotopic (exact) mass is 216 g/mol. The largest absolute Gasteiger partial charge is 0.384 e. The molecule has 0 fully saturated rings. The molecule has 1 rings (SSSR count). The Bertz CT molecular complexity index is 531. The second-order valence-corrected chi connectivity index (χ2v) is 3.39. The lowest BCUT2D eigenvalue weighted by molar-refractivity contribution is 0.619. The fourth-order valence-corrected chi connectivity index (χ4v) is 1.39. The van der Waals surface area contributed by atoms with Crippen molar-refractivity contribution in [2.45, 2.75) is 26.3 Å². The Labute approximate surface area is 93.3 Å². The summed E-state index contributed by atoms with van der Waals surface area (Å²) in [4.78, 5) is 11.7. The summed E-state index contributed by atoms with van der Waals surface area (Å²) in [7, 11) is 0. The first-order valence-corrected chi connectivity index (χ1v) is 4.99. The molecular weight excluding hydrogens is 204 g/mol. The van der Waals surface area contributed by atoms with Gasteiger partial charge in [0.1, 0.15) is 23.5 Å². The third-order valence-electron chi connectivity index (χ3n) is 2.31. The highest BCUT2D eigenvalue weighted by Gasteiger charge is 2.11. The molecule has 5 nitrogen and oxygen atoms in total. The van der Waals surface area contributed by atoms with Crippen molar-refractivity contribution in [2.75, 3.05) is 5.73 Å². The summed E-state index contributed by atoms with van der Waals surface area (Å²) in [5.74, 6) is 0.139. The quantitative estimate of drug-likeness (QED) is 0.814. The van der Waals surface area contributed by atoms with Crippen molar-refractivity contribution in [3.05, 3.63) is 27.5 Å². The summed E-state index contributed by atoms with van der Waals surface area (Å²) in [6.07, 6.45) is 1.69. The fraction of sp³-hybridized carbons (Fsp3) is 0.364. The zero-order chi connectivity index (χ0) is 12.1. The Kier molecular flexibility index (Phi) is 3.68. The first kappa shape index (κ1) is 11.8. The van der Waals surface area contributed by atoms with Crippen molar-refractivity contribution in [3.63, 3.8) is 0 Å². The van der Waals surface area contributed by atoms with E-state index in [-0.39, 0.29) is 16.9 Å². The van der Waals surface area contributed by atoms with Crippen LogP contribution >= 0.6 is 0 Å². The van der Waals surface area contributed by atoms with E-state index in [0.717, 1.165) is 12.8 Å². The van der Waals surface area contributed by atoms with E-state index in [4.69, 9.17) is 16.3 Å². The molecule has 0 saturated heterocycles. The summed E-state index contributed by atoms with van der Waals surface area (Å²) < 4.78 is 1.29. The SMILES string of the molecule is CCCCn1c(N)c(C#N)cc(C#N)c1=O. The summed E-state index contributed by atoms with van der Waals surface area (Å²) in [5, 5.41) is 17.6. The molecule has 1 aromatic rings. The van der Waals surface area contributed by atoms with Crippen LogP contribution in [0.25, 0.3) is 0 Å². The number of nitrogens with two attached hydrogens (primary N) is 1. The van der Waals surface area contributed by atoms with Crippen LogP contribution in [-0.4, -0.2) is 4.57 Å². The highest BCUT2D eigenvalue weighted by molar-refractivity contribution is 5.52. The minimum atomic E-state index is -0.424. The third kappa shape index (κ3) is 2.04. The van der Waals surface area contributed by atoms with Crippen molar-refractivity contribution in [1.82, 2.24) is 4.57 Å². The molecule has 1 aromatic heterocycles. The van der Waals surface area contributed by atoms with Crippen LogP contribution < -0.4 is 11.3 Å². The van der Waals surface area contributed by atoms with Crippen LogP contribution in [0.3, 0.4) is 0 Å². The summed E-state index contributed by atoms with van der Waals surface area (Å²) in [5.41, 5.74) is 5.40. The van der Waals surface area contributed by atoms with E-state index in [2.05, 4.69) is 0 Å². The van der Waals surface area contributed by atoms with Gasteiger partial charge in [0.05, 0.1) is 5.56 Å². The summed E-state index contributed by atoms with van der Waals surface area (Å²) >= 11 is 0. The standard InChI is InChI=1S/C11H12N4O/c1-2-3-4-15-10(14)8(6-12)5-9(7-13)11(15)16/h5H,2-4,14H2,1H3. The van der Waals surface area contributed by atoms with Crippen molar-refractivity contribution >= 4 is 5.82 Å². The van der Waals surface area contributed by atoms with Gasteiger partial charge < -0.3 is 5.73 Å². The van der Waals surface area contributed by atoms with Gasteiger partial charge in [-0.3, -0.25) is 9.36 Å². The molecule has 0 spiro atoms. The Morgan fingerprint density at radius 1 is 1.38 bits per heavy atom. The van der Waals surface area contributed by atoms with Gasteiger partial charge in [-0.05, 0) is 12.5 Å². The molecule has 0 atom stereocenters. The molecule has 1 heterocycles. The number of hydrogen-bond donors (Lipinski definition) is 1. The van der Waals surface area contributed by atoms with Gasteiger partial charge in [0.2, 0.25) is 0 Å². The van der Waals surface area contributed by atoms with Crippen LogP contribution in [0.2, 0.25) is 0 Å². The van der Waals surface area contributed by atoms with Gasteiger partial charge in [0.25, 0.3) is 5.56 Å². The maximum atomic E-state index is 11.7. The number of pyridine rings is 1. The normalized spacial score (nSPS) is 9.44. The number of unbranched alkanes of at least 4 members (excludes halogenated alkanes) is 1. The number of nitriles is 2. The van der Waals surface area contributed by atoms with Crippen LogP contribution in [0.4, 0.5) is 5.82 Å². The van der Waals surface area contributed by atoms with Crippen LogP contribution in [-0.2, 0) is 6.54 Å². The number of hydrogen-bond acceptors (Lipinski definition) is 4. The first-order chi connectivity index (χ1) is 7.65. The molecule has 16 heavy (non-hydrogen) atoms. The molecule has 2 N–H and O–H groups in total. The average molecular weight is 216 g/mol. The number of aromatic nitrogens is 1. The lowest BCUT2D eigenvalue weighted by Gasteiger charge is -2.10. The van der Waals surface area contributed by atoms with Gasteiger partial charge in [0.15, 0.2) is 0 Å².